The van der Waals surface area contributed by atoms with Gasteiger partial charge < -0.3 is 5.32 Å². The lowest BCUT2D eigenvalue weighted by Crippen LogP contribution is -2.13. The molecule has 0 fully saturated rings. The summed E-state index contributed by atoms with van der Waals surface area (Å²) >= 11 is 3.29. The first kappa shape index (κ1) is 14.7. The van der Waals surface area contributed by atoms with E-state index >= 15 is 0 Å². The molecule has 0 amide bonds. The molecule has 0 spiro atoms. The molecule has 0 unspecified atom stereocenters. The molecule has 0 bridgehead atoms. The Morgan fingerprint density at radius 2 is 2.15 bits per heavy atom. The van der Waals surface area contributed by atoms with E-state index in [2.05, 4.69) is 26.3 Å². The lowest BCUT2D eigenvalue weighted by Gasteiger charge is -2.05. The Morgan fingerprint density at radius 3 is 2.75 bits per heavy atom. The van der Waals surface area contributed by atoms with E-state index in [0.717, 1.165) is 16.8 Å². The largest absolute Gasteiger partial charge is 0.308 e. The molecule has 0 radical (unpaired) electrons. The SMILES string of the molecule is Cc1nn(C)cc1CNCc1cc(Br)cc([N+](=O)[O-])c1. The second-order valence-electron chi connectivity index (χ2n) is 4.59. The van der Waals surface area contributed by atoms with Crippen molar-refractivity contribution in [3.05, 3.63) is 55.8 Å². The number of nitro groups is 1. The van der Waals surface area contributed by atoms with Gasteiger partial charge in [0.1, 0.15) is 0 Å². The predicted octanol–water partition coefficient (Wildman–Crippen LogP) is 2.69. The van der Waals surface area contributed by atoms with Gasteiger partial charge in [0.15, 0.2) is 0 Å². The Kier molecular flexibility index (Phi) is 4.51. The maximum Gasteiger partial charge on any atom is 0.270 e. The van der Waals surface area contributed by atoms with Crippen LogP contribution in [0.15, 0.2) is 28.9 Å². The summed E-state index contributed by atoms with van der Waals surface area (Å²) in [6.07, 6.45) is 1.96. The molecule has 7 heteroatoms. The number of nitrogens with one attached hydrogen (secondary N) is 1. The molecule has 106 valence electrons. The summed E-state index contributed by atoms with van der Waals surface area (Å²) in [5, 5.41) is 18.3. The minimum atomic E-state index is -0.389. The van der Waals surface area contributed by atoms with Crippen LogP contribution in [0.3, 0.4) is 0 Å². The monoisotopic (exact) mass is 338 g/mol. The highest BCUT2D eigenvalue weighted by Crippen LogP contribution is 2.21. The Balaban J connectivity index is 2.00. The fourth-order valence-corrected chi connectivity index (χ4v) is 2.53. The normalized spacial score (nSPS) is 10.8. The van der Waals surface area contributed by atoms with Crippen molar-refractivity contribution in [2.24, 2.45) is 7.05 Å². The molecule has 2 rings (SSSR count). The fraction of sp³-hybridized carbons (Fsp3) is 0.308. The van der Waals surface area contributed by atoms with Crippen molar-refractivity contribution in [3.8, 4) is 0 Å². The zero-order valence-corrected chi connectivity index (χ0v) is 12.8. The van der Waals surface area contributed by atoms with Crippen molar-refractivity contribution < 1.29 is 4.92 Å². The summed E-state index contributed by atoms with van der Waals surface area (Å²) in [4.78, 5) is 10.4. The van der Waals surface area contributed by atoms with E-state index in [1.54, 1.807) is 10.7 Å². The van der Waals surface area contributed by atoms with Gasteiger partial charge in [-0.3, -0.25) is 14.8 Å². The van der Waals surface area contributed by atoms with Crippen LogP contribution in [0.2, 0.25) is 0 Å². The summed E-state index contributed by atoms with van der Waals surface area (Å²) < 4.78 is 2.48. The molecule has 0 aliphatic carbocycles. The highest BCUT2D eigenvalue weighted by molar-refractivity contribution is 9.10. The molecule has 6 nitrogen and oxygen atoms in total. The molecule has 1 heterocycles. The first-order valence-electron chi connectivity index (χ1n) is 6.09. The van der Waals surface area contributed by atoms with Gasteiger partial charge >= 0.3 is 0 Å². The third kappa shape index (κ3) is 3.64. The molecule has 1 aromatic heterocycles. The molecule has 0 atom stereocenters. The summed E-state index contributed by atoms with van der Waals surface area (Å²) in [6.45, 7) is 3.20. The van der Waals surface area contributed by atoms with Gasteiger partial charge in [0, 0.05) is 48.5 Å². The van der Waals surface area contributed by atoms with Crippen LogP contribution in [0.1, 0.15) is 16.8 Å². The lowest BCUT2D eigenvalue weighted by atomic mass is 10.2. The zero-order valence-electron chi connectivity index (χ0n) is 11.3. The van der Waals surface area contributed by atoms with Gasteiger partial charge in [-0.05, 0) is 18.6 Å². The molecule has 1 aromatic carbocycles. The summed E-state index contributed by atoms with van der Waals surface area (Å²) in [5.74, 6) is 0. The fourth-order valence-electron chi connectivity index (χ4n) is 2.00. The second-order valence-corrected chi connectivity index (χ2v) is 5.51. The van der Waals surface area contributed by atoms with E-state index in [0.29, 0.717) is 17.6 Å². The van der Waals surface area contributed by atoms with E-state index in [1.807, 2.05) is 26.2 Å². The van der Waals surface area contributed by atoms with Crippen LogP contribution in [-0.4, -0.2) is 14.7 Å². The standard InChI is InChI=1S/C13H15BrN4O2/c1-9-11(8-17(2)16-9)7-15-6-10-3-12(14)5-13(4-10)18(19)20/h3-5,8,15H,6-7H2,1-2H3. The average molecular weight is 339 g/mol. The van der Waals surface area contributed by atoms with Crippen molar-refractivity contribution in [2.45, 2.75) is 20.0 Å². The average Bonchev–Trinajstić information content (AvgIpc) is 2.67. The number of nitro benzene ring substituents is 1. The number of hydrogen-bond acceptors (Lipinski definition) is 4. The second kappa shape index (κ2) is 6.15. The van der Waals surface area contributed by atoms with Crippen LogP contribution < -0.4 is 5.32 Å². The molecule has 1 N–H and O–H groups in total. The topological polar surface area (TPSA) is 73.0 Å². The van der Waals surface area contributed by atoms with Gasteiger partial charge in [-0.25, -0.2) is 0 Å². The number of halogens is 1. The minimum Gasteiger partial charge on any atom is -0.308 e. The van der Waals surface area contributed by atoms with Crippen LogP contribution in [-0.2, 0) is 20.1 Å². The summed E-state index contributed by atoms with van der Waals surface area (Å²) in [7, 11) is 1.88. The van der Waals surface area contributed by atoms with Gasteiger partial charge in [0.05, 0.1) is 10.6 Å². The predicted molar refractivity (Wildman–Crippen MR) is 79.3 cm³/mol. The molecule has 2 aromatic rings. The zero-order chi connectivity index (χ0) is 14.7. The van der Waals surface area contributed by atoms with Gasteiger partial charge in [-0.1, -0.05) is 15.9 Å². The first-order valence-corrected chi connectivity index (χ1v) is 6.88. The molecule has 20 heavy (non-hydrogen) atoms. The Hall–Kier alpha value is -1.73. The van der Waals surface area contributed by atoms with Gasteiger partial charge in [-0.2, -0.15) is 5.10 Å². The van der Waals surface area contributed by atoms with Gasteiger partial charge in [0.25, 0.3) is 5.69 Å². The number of nitrogens with zero attached hydrogens (tertiary/aromatic N) is 3. The van der Waals surface area contributed by atoms with Crippen LogP contribution >= 0.6 is 15.9 Å². The molecule has 0 saturated carbocycles. The number of hydrogen-bond donors (Lipinski definition) is 1. The smallest absolute Gasteiger partial charge is 0.270 e. The third-order valence-electron chi connectivity index (χ3n) is 2.91. The summed E-state index contributed by atoms with van der Waals surface area (Å²) in [6, 6.07) is 4.94. The highest BCUT2D eigenvalue weighted by atomic mass is 79.9. The van der Waals surface area contributed by atoms with E-state index in [1.165, 1.54) is 6.07 Å². The maximum absolute atomic E-state index is 10.8. The number of non-ortho nitro benzene ring substituents is 1. The molecule has 0 saturated heterocycles. The van der Waals surface area contributed by atoms with Crippen molar-refractivity contribution >= 4 is 21.6 Å². The van der Waals surface area contributed by atoms with E-state index in [4.69, 9.17) is 0 Å². The Morgan fingerprint density at radius 1 is 1.40 bits per heavy atom. The van der Waals surface area contributed by atoms with Crippen LogP contribution in [0.4, 0.5) is 5.69 Å². The number of benzene rings is 1. The van der Waals surface area contributed by atoms with E-state index in [9.17, 15) is 10.1 Å². The molecule has 0 aliphatic rings. The van der Waals surface area contributed by atoms with Crippen LogP contribution in [0.25, 0.3) is 0 Å². The molecular weight excluding hydrogens is 324 g/mol. The van der Waals surface area contributed by atoms with Crippen molar-refractivity contribution in [1.82, 2.24) is 15.1 Å². The molecule has 0 aliphatic heterocycles. The third-order valence-corrected chi connectivity index (χ3v) is 3.37. The molecular formula is C13H15BrN4O2. The van der Waals surface area contributed by atoms with E-state index < -0.39 is 0 Å². The number of aryl methyl sites for hydroxylation is 2. The number of rotatable bonds is 5. The maximum atomic E-state index is 10.8. The van der Waals surface area contributed by atoms with Gasteiger partial charge in [0.2, 0.25) is 0 Å². The highest BCUT2D eigenvalue weighted by Gasteiger charge is 2.09. The van der Waals surface area contributed by atoms with Crippen molar-refractivity contribution in [2.75, 3.05) is 0 Å². The Bertz CT molecular complexity index is 639. The lowest BCUT2D eigenvalue weighted by molar-refractivity contribution is -0.385. The van der Waals surface area contributed by atoms with Crippen LogP contribution in [0.5, 0.6) is 0 Å². The summed E-state index contributed by atoms with van der Waals surface area (Å²) in [5.41, 5.74) is 3.07. The van der Waals surface area contributed by atoms with Crippen LogP contribution in [0, 0.1) is 17.0 Å². The quantitative estimate of drug-likeness (QED) is 0.671. The number of aromatic nitrogens is 2. The van der Waals surface area contributed by atoms with E-state index in [-0.39, 0.29) is 10.6 Å². The minimum absolute atomic E-state index is 0.0914. The van der Waals surface area contributed by atoms with Gasteiger partial charge in [-0.15, -0.1) is 0 Å². The van der Waals surface area contributed by atoms with Crippen molar-refractivity contribution in [1.29, 1.82) is 0 Å². The van der Waals surface area contributed by atoms with Crippen molar-refractivity contribution in [3.63, 3.8) is 0 Å². The first-order chi connectivity index (χ1) is 9.45. The Labute approximate surface area is 125 Å².